The summed E-state index contributed by atoms with van der Waals surface area (Å²) in [6.45, 7) is 1.90. The second-order valence-corrected chi connectivity index (χ2v) is 8.92. The minimum Gasteiger partial charge on any atom is -0.325 e. The van der Waals surface area contributed by atoms with Crippen LogP contribution in [0.25, 0.3) is 0 Å². The van der Waals surface area contributed by atoms with Crippen molar-refractivity contribution in [1.82, 2.24) is 0 Å². The lowest BCUT2D eigenvalue weighted by Crippen LogP contribution is -2.30. The first-order chi connectivity index (χ1) is 14.4. The third kappa shape index (κ3) is 4.16. The maximum absolute atomic E-state index is 12.7. The molecule has 4 rings (SSSR count). The van der Waals surface area contributed by atoms with E-state index >= 15 is 0 Å². The van der Waals surface area contributed by atoms with Crippen molar-refractivity contribution in [3.63, 3.8) is 0 Å². The number of fused-ring (bicyclic) bond motifs is 1. The molecule has 1 heterocycles. The predicted molar refractivity (Wildman–Crippen MR) is 120 cm³/mol. The molecule has 1 N–H and O–H groups in total. The van der Waals surface area contributed by atoms with Gasteiger partial charge in [-0.2, -0.15) is 0 Å². The van der Waals surface area contributed by atoms with E-state index in [-0.39, 0.29) is 35.3 Å². The highest BCUT2D eigenvalue weighted by atomic mass is 35.5. The fourth-order valence-corrected chi connectivity index (χ4v) is 4.64. The van der Waals surface area contributed by atoms with Crippen LogP contribution in [-0.4, -0.2) is 23.5 Å². The number of hydrogen-bond donors (Lipinski definition) is 1. The Morgan fingerprint density at radius 3 is 2.30 bits per heavy atom. The molecule has 2 aliphatic rings. The Hall–Kier alpha value is -2.57. The zero-order chi connectivity index (χ0) is 21.3. The third-order valence-electron chi connectivity index (χ3n) is 5.43. The average Bonchev–Trinajstić information content (AvgIpc) is 3.00. The Morgan fingerprint density at radius 1 is 1.07 bits per heavy atom. The number of allylic oxidation sites excluding steroid dienone is 2. The summed E-state index contributed by atoms with van der Waals surface area (Å²) in [5.74, 6) is -0.615. The molecule has 2 atom stereocenters. The lowest BCUT2D eigenvalue weighted by Gasteiger charge is -2.15. The van der Waals surface area contributed by atoms with Gasteiger partial charge >= 0.3 is 0 Å². The van der Waals surface area contributed by atoms with Gasteiger partial charge in [-0.1, -0.05) is 29.8 Å². The summed E-state index contributed by atoms with van der Waals surface area (Å²) in [5.41, 5.74) is 2.20. The number of amides is 3. The van der Waals surface area contributed by atoms with Gasteiger partial charge in [0.05, 0.1) is 23.3 Å². The number of halogens is 1. The van der Waals surface area contributed by atoms with Crippen LogP contribution in [0, 0.1) is 18.8 Å². The van der Waals surface area contributed by atoms with Crippen molar-refractivity contribution in [2.75, 3.05) is 16.0 Å². The van der Waals surface area contributed by atoms with Crippen molar-refractivity contribution in [3.8, 4) is 0 Å². The van der Waals surface area contributed by atoms with Crippen LogP contribution in [0.2, 0.25) is 5.02 Å². The molecule has 30 heavy (non-hydrogen) atoms. The van der Waals surface area contributed by atoms with E-state index in [1.165, 1.54) is 16.7 Å². The van der Waals surface area contributed by atoms with Crippen LogP contribution in [0.4, 0.5) is 11.4 Å². The number of anilines is 2. The highest BCUT2D eigenvalue weighted by Crippen LogP contribution is 2.38. The highest BCUT2D eigenvalue weighted by Gasteiger charge is 2.47. The number of thioether (sulfide) groups is 1. The van der Waals surface area contributed by atoms with Crippen LogP contribution < -0.4 is 10.2 Å². The third-order valence-corrected chi connectivity index (χ3v) is 6.85. The molecule has 0 aromatic heterocycles. The molecule has 0 spiro atoms. The maximum atomic E-state index is 12.7. The number of imide groups is 1. The Labute approximate surface area is 184 Å². The van der Waals surface area contributed by atoms with Crippen molar-refractivity contribution in [2.24, 2.45) is 11.8 Å². The zero-order valence-corrected chi connectivity index (χ0v) is 18.0. The van der Waals surface area contributed by atoms with Gasteiger partial charge in [0, 0.05) is 15.6 Å². The molecule has 5 nitrogen and oxygen atoms in total. The second kappa shape index (κ2) is 8.66. The largest absolute Gasteiger partial charge is 0.325 e. The van der Waals surface area contributed by atoms with E-state index in [0.717, 1.165) is 10.5 Å². The molecule has 0 bridgehead atoms. The molecule has 1 aliphatic heterocycles. The number of carbonyl (C=O) groups excluding carboxylic acids is 3. The topological polar surface area (TPSA) is 66.5 Å². The molecular formula is C23H21ClN2O3S. The molecule has 2 unspecified atom stereocenters. The Morgan fingerprint density at radius 2 is 1.70 bits per heavy atom. The maximum Gasteiger partial charge on any atom is 0.238 e. The second-order valence-electron chi connectivity index (χ2n) is 7.46. The Kier molecular flexibility index (Phi) is 5.97. The normalized spacial score (nSPS) is 20.4. The van der Waals surface area contributed by atoms with Gasteiger partial charge in [-0.25, -0.2) is 0 Å². The van der Waals surface area contributed by atoms with E-state index < -0.39 is 0 Å². The smallest absolute Gasteiger partial charge is 0.238 e. The number of rotatable bonds is 5. The van der Waals surface area contributed by atoms with E-state index in [1.807, 2.05) is 43.3 Å². The first-order valence-corrected chi connectivity index (χ1v) is 11.1. The van der Waals surface area contributed by atoms with Crippen LogP contribution >= 0.6 is 23.4 Å². The summed E-state index contributed by atoms with van der Waals surface area (Å²) >= 11 is 7.47. The molecule has 1 saturated heterocycles. The van der Waals surface area contributed by atoms with E-state index in [1.54, 1.807) is 18.2 Å². The number of nitrogens with one attached hydrogen (secondary N) is 1. The molecule has 7 heteroatoms. The molecule has 1 fully saturated rings. The average molecular weight is 441 g/mol. The first kappa shape index (κ1) is 20.7. The van der Waals surface area contributed by atoms with Crippen molar-refractivity contribution in [3.05, 3.63) is 65.2 Å². The van der Waals surface area contributed by atoms with Crippen molar-refractivity contribution in [1.29, 1.82) is 0 Å². The summed E-state index contributed by atoms with van der Waals surface area (Å²) in [5, 5.41) is 3.44. The van der Waals surface area contributed by atoms with Gasteiger partial charge in [-0.15, -0.1) is 11.8 Å². The Bertz CT molecular complexity index is 1010. The van der Waals surface area contributed by atoms with Gasteiger partial charge in [0.25, 0.3) is 0 Å². The Balaban J connectivity index is 1.36. The number of nitrogens with zero attached hydrogens (tertiary/aromatic N) is 1. The number of hydrogen-bond acceptors (Lipinski definition) is 4. The van der Waals surface area contributed by atoms with Gasteiger partial charge in [0.1, 0.15) is 0 Å². The van der Waals surface area contributed by atoms with E-state index in [9.17, 15) is 14.4 Å². The summed E-state index contributed by atoms with van der Waals surface area (Å²) in [6.07, 6.45) is 5.21. The monoisotopic (exact) mass is 440 g/mol. The van der Waals surface area contributed by atoms with Crippen LogP contribution in [0.15, 0.2) is 59.5 Å². The van der Waals surface area contributed by atoms with Crippen molar-refractivity contribution < 1.29 is 14.4 Å². The predicted octanol–water partition coefficient (Wildman–Crippen LogP) is 4.83. The van der Waals surface area contributed by atoms with E-state index in [0.29, 0.717) is 29.2 Å². The lowest BCUT2D eigenvalue weighted by atomic mass is 9.85. The minimum atomic E-state index is -0.240. The fourth-order valence-electron chi connectivity index (χ4n) is 3.76. The van der Waals surface area contributed by atoms with Crippen LogP contribution in [0.5, 0.6) is 0 Å². The standard InChI is InChI=1S/C23H21ClN2O3S/c1-14-6-7-15(12-20(14)24)25-21(27)13-30-17-10-8-16(9-11-17)26-22(28)18-4-2-3-5-19(18)23(26)29/h2-3,6-12,18-19H,4-5,13H2,1H3,(H,25,27). The number of aryl methyl sites for hydroxylation is 1. The quantitative estimate of drug-likeness (QED) is 0.410. The van der Waals surface area contributed by atoms with Gasteiger partial charge in [-0.05, 0) is 61.7 Å². The molecule has 2 aromatic rings. The van der Waals surface area contributed by atoms with Crippen LogP contribution in [0.1, 0.15) is 18.4 Å². The summed E-state index contributed by atoms with van der Waals surface area (Å²) in [7, 11) is 0. The molecule has 154 valence electrons. The van der Waals surface area contributed by atoms with Crippen molar-refractivity contribution >= 4 is 52.5 Å². The summed E-state index contributed by atoms with van der Waals surface area (Å²) < 4.78 is 0. The van der Waals surface area contributed by atoms with Crippen LogP contribution in [0.3, 0.4) is 0 Å². The van der Waals surface area contributed by atoms with Gasteiger partial charge in [0.15, 0.2) is 0 Å². The molecule has 2 aromatic carbocycles. The fraction of sp³-hybridized carbons (Fsp3) is 0.261. The number of benzene rings is 2. The molecule has 1 aliphatic carbocycles. The minimum absolute atomic E-state index is 0.120. The molecule has 0 radical (unpaired) electrons. The zero-order valence-electron chi connectivity index (χ0n) is 16.4. The van der Waals surface area contributed by atoms with Gasteiger partial charge in [0.2, 0.25) is 17.7 Å². The highest BCUT2D eigenvalue weighted by molar-refractivity contribution is 8.00. The molecular weight excluding hydrogens is 420 g/mol. The van der Waals surface area contributed by atoms with Crippen molar-refractivity contribution in [2.45, 2.75) is 24.7 Å². The van der Waals surface area contributed by atoms with E-state index in [4.69, 9.17) is 11.6 Å². The summed E-state index contributed by atoms with van der Waals surface area (Å²) in [6, 6.07) is 12.6. The van der Waals surface area contributed by atoms with E-state index in [2.05, 4.69) is 5.32 Å². The van der Waals surface area contributed by atoms with Gasteiger partial charge in [-0.3, -0.25) is 19.3 Å². The summed E-state index contributed by atoms with van der Waals surface area (Å²) in [4.78, 5) is 39.7. The number of carbonyl (C=O) groups is 3. The van der Waals surface area contributed by atoms with Crippen LogP contribution in [-0.2, 0) is 14.4 Å². The van der Waals surface area contributed by atoms with Gasteiger partial charge < -0.3 is 5.32 Å². The molecule has 3 amide bonds. The lowest BCUT2D eigenvalue weighted by molar-refractivity contribution is -0.122. The molecule has 0 saturated carbocycles. The SMILES string of the molecule is Cc1ccc(NC(=O)CSc2ccc(N3C(=O)C4CC=CCC4C3=O)cc2)cc1Cl. The first-order valence-electron chi connectivity index (χ1n) is 9.75.